The Morgan fingerprint density at radius 3 is 1.78 bits per heavy atom. The Morgan fingerprint density at radius 2 is 1.17 bits per heavy atom. The summed E-state index contributed by atoms with van der Waals surface area (Å²) in [4.78, 5) is 22.3. The largest absolute Gasteiger partial charge is 0.472 e. The molecule has 0 fully saturated rings. The molecule has 3 N–H and O–H groups in total. The third-order valence-electron chi connectivity index (χ3n) is 7.53. The lowest BCUT2D eigenvalue weighted by Gasteiger charge is -2.20. The van der Waals surface area contributed by atoms with Gasteiger partial charge >= 0.3 is 13.8 Å². The van der Waals surface area contributed by atoms with Crippen molar-refractivity contribution >= 4 is 13.8 Å². The predicted molar refractivity (Wildman–Crippen MR) is 192 cm³/mol. The van der Waals surface area contributed by atoms with Crippen LogP contribution in [0, 0.1) is 0 Å². The van der Waals surface area contributed by atoms with Crippen molar-refractivity contribution in [2.24, 2.45) is 5.73 Å². The lowest BCUT2D eigenvalue weighted by molar-refractivity contribution is -0.154. The van der Waals surface area contributed by atoms with Gasteiger partial charge in [-0.1, -0.05) is 121 Å². The zero-order chi connectivity index (χ0) is 33.8. The average molecular weight is 672 g/mol. The van der Waals surface area contributed by atoms with Gasteiger partial charge in [0.05, 0.1) is 19.8 Å². The summed E-state index contributed by atoms with van der Waals surface area (Å²) in [6.07, 6.45) is 37.2. The summed E-state index contributed by atoms with van der Waals surface area (Å²) in [6, 6.07) is 0. The second-order valence-corrected chi connectivity index (χ2v) is 13.5. The summed E-state index contributed by atoms with van der Waals surface area (Å²) in [7, 11) is -4.27. The highest BCUT2D eigenvalue weighted by Crippen LogP contribution is 2.43. The van der Waals surface area contributed by atoms with E-state index in [4.69, 9.17) is 24.3 Å². The lowest BCUT2D eigenvalue weighted by atomic mass is 10.1. The van der Waals surface area contributed by atoms with E-state index in [1.165, 1.54) is 77.0 Å². The van der Waals surface area contributed by atoms with Crippen LogP contribution in [0.1, 0.15) is 155 Å². The number of carbonyl (C=O) groups is 1. The number of hydrogen-bond donors (Lipinski definition) is 2. The Bertz CT molecular complexity index is 803. The molecule has 0 spiro atoms. The lowest BCUT2D eigenvalue weighted by Crippen LogP contribution is -2.28. The zero-order valence-electron chi connectivity index (χ0n) is 29.6. The minimum absolute atomic E-state index is 0.0963. The molecule has 0 aliphatic carbocycles. The van der Waals surface area contributed by atoms with Crippen LogP contribution in [0.25, 0.3) is 0 Å². The van der Waals surface area contributed by atoms with Crippen LogP contribution in [-0.4, -0.2) is 49.9 Å². The average Bonchev–Trinajstić information content (AvgIpc) is 3.04. The van der Waals surface area contributed by atoms with Gasteiger partial charge in [-0.05, 0) is 64.2 Å². The van der Waals surface area contributed by atoms with Gasteiger partial charge < -0.3 is 20.1 Å². The fourth-order valence-corrected chi connectivity index (χ4v) is 5.54. The van der Waals surface area contributed by atoms with E-state index in [1.54, 1.807) is 0 Å². The molecule has 0 aromatic carbocycles. The molecule has 0 aromatic rings. The molecular formula is C37H70NO7P. The van der Waals surface area contributed by atoms with E-state index in [1.807, 2.05) is 0 Å². The van der Waals surface area contributed by atoms with Crippen molar-refractivity contribution in [3.63, 3.8) is 0 Å². The van der Waals surface area contributed by atoms with E-state index in [0.29, 0.717) is 13.0 Å². The summed E-state index contributed by atoms with van der Waals surface area (Å²) >= 11 is 0. The Labute approximate surface area is 282 Å². The molecule has 0 aromatic heterocycles. The van der Waals surface area contributed by atoms with Gasteiger partial charge in [-0.2, -0.15) is 0 Å². The molecule has 0 saturated carbocycles. The topological polar surface area (TPSA) is 117 Å². The van der Waals surface area contributed by atoms with Crippen molar-refractivity contribution in [3.8, 4) is 0 Å². The van der Waals surface area contributed by atoms with Gasteiger partial charge in [-0.15, -0.1) is 0 Å². The first-order chi connectivity index (χ1) is 22.4. The first kappa shape index (κ1) is 44.7. The molecule has 0 amide bonds. The van der Waals surface area contributed by atoms with Gasteiger partial charge in [0.25, 0.3) is 0 Å². The second kappa shape index (κ2) is 35.0. The maximum absolute atomic E-state index is 12.5. The van der Waals surface area contributed by atoms with E-state index in [0.717, 1.165) is 57.8 Å². The molecule has 0 heterocycles. The molecule has 0 saturated heterocycles. The third-order valence-corrected chi connectivity index (χ3v) is 8.51. The molecule has 2 atom stereocenters. The van der Waals surface area contributed by atoms with Gasteiger partial charge in [-0.25, -0.2) is 4.57 Å². The standard InChI is InChI=1S/C37H70NO7P/c1-3-5-7-9-11-13-15-17-18-19-20-22-24-26-28-30-37(39)45-36(35-44-46(40,41)43-33-31-38)34-42-32-29-27-25-23-21-16-14-12-10-8-6-4-2/h10-13,17-18,36H,3-9,14-16,19-35,38H2,1-2H3,(H,40,41)/b12-10-,13-11-,18-17-. The number of rotatable bonds is 35. The molecule has 270 valence electrons. The first-order valence-electron chi connectivity index (χ1n) is 18.5. The van der Waals surface area contributed by atoms with E-state index >= 15 is 0 Å². The minimum atomic E-state index is -4.27. The van der Waals surface area contributed by atoms with Gasteiger partial charge in [0.15, 0.2) is 0 Å². The van der Waals surface area contributed by atoms with Crippen molar-refractivity contribution in [1.29, 1.82) is 0 Å². The third kappa shape index (κ3) is 34.1. The van der Waals surface area contributed by atoms with Crippen molar-refractivity contribution in [2.45, 2.75) is 161 Å². The van der Waals surface area contributed by atoms with Gasteiger partial charge in [0, 0.05) is 19.6 Å². The number of ether oxygens (including phenoxy) is 2. The molecular weight excluding hydrogens is 601 g/mol. The van der Waals surface area contributed by atoms with Crippen LogP contribution >= 0.6 is 7.82 Å². The molecule has 46 heavy (non-hydrogen) atoms. The molecule has 2 unspecified atom stereocenters. The monoisotopic (exact) mass is 671 g/mol. The van der Waals surface area contributed by atoms with Crippen molar-refractivity contribution in [1.82, 2.24) is 0 Å². The van der Waals surface area contributed by atoms with Gasteiger partial charge in [-0.3, -0.25) is 13.8 Å². The smallest absolute Gasteiger partial charge is 0.457 e. The van der Waals surface area contributed by atoms with E-state index < -0.39 is 13.9 Å². The minimum Gasteiger partial charge on any atom is -0.457 e. The number of unbranched alkanes of at least 4 members (excludes halogenated alkanes) is 16. The summed E-state index contributed by atoms with van der Waals surface area (Å²) < 4.78 is 33.2. The number of carbonyl (C=O) groups excluding carboxylic acids is 1. The van der Waals surface area contributed by atoms with Crippen molar-refractivity contribution < 1.29 is 32.8 Å². The number of allylic oxidation sites excluding steroid dienone is 6. The number of phosphoric acid groups is 1. The maximum Gasteiger partial charge on any atom is 0.472 e. The van der Waals surface area contributed by atoms with Crippen LogP contribution in [0.15, 0.2) is 36.5 Å². The Balaban J connectivity index is 4.15. The number of esters is 1. The summed E-state index contributed by atoms with van der Waals surface area (Å²) in [6.45, 7) is 4.81. The van der Waals surface area contributed by atoms with Gasteiger partial charge in [0.2, 0.25) is 0 Å². The predicted octanol–water partition coefficient (Wildman–Crippen LogP) is 10.3. The van der Waals surface area contributed by atoms with Crippen LogP contribution in [0.3, 0.4) is 0 Å². The van der Waals surface area contributed by atoms with Gasteiger partial charge in [0.1, 0.15) is 6.10 Å². The summed E-state index contributed by atoms with van der Waals surface area (Å²) in [5, 5.41) is 0. The van der Waals surface area contributed by atoms with Crippen LogP contribution < -0.4 is 5.73 Å². The summed E-state index contributed by atoms with van der Waals surface area (Å²) in [5.74, 6) is -0.348. The maximum atomic E-state index is 12.5. The number of phosphoric ester groups is 1. The number of hydrogen-bond acceptors (Lipinski definition) is 7. The van der Waals surface area contributed by atoms with Crippen LogP contribution in [0.4, 0.5) is 0 Å². The van der Waals surface area contributed by atoms with E-state index in [2.05, 4.69) is 50.3 Å². The fourth-order valence-electron chi connectivity index (χ4n) is 4.77. The molecule has 8 nitrogen and oxygen atoms in total. The van der Waals surface area contributed by atoms with Crippen molar-refractivity contribution in [2.75, 3.05) is 33.0 Å². The Hall–Kier alpha value is -1.28. The first-order valence-corrected chi connectivity index (χ1v) is 20.0. The molecule has 0 aliphatic rings. The highest BCUT2D eigenvalue weighted by molar-refractivity contribution is 7.47. The molecule has 0 radical (unpaired) electrons. The number of nitrogens with two attached hydrogens (primary N) is 1. The van der Waals surface area contributed by atoms with Crippen LogP contribution in [0.2, 0.25) is 0 Å². The SMILES string of the molecule is CCCC/C=C\CCCCCCCCOCC(COP(=O)(O)OCCN)OC(=O)CCCCCCC/C=C\C/C=C\CCCCC. The zero-order valence-corrected chi connectivity index (χ0v) is 30.4. The Kier molecular flexibility index (Phi) is 34.1. The van der Waals surface area contributed by atoms with Crippen LogP contribution in [-0.2, 0) is 27.9 Å². The van der Waals surface area contributed by atoms with Crippen molar-refractivity contribution in [3.05, 3.63) is 36.5 Å². The molecule has 0 aliphatic heterocycles. The van der Waals surface area contributed by atoms with E-state index in [9.17, 15) is 14.3 Å². The Morgan fingerprint density at radius 1 is 0.652 bits per heavy atom. The normalized spacial score (nSPS) is 14.1. The summed E-state index contributed by atoms with van der Waals surface area (Å²) in [5.41, 5.74) is 5.34. The highest BCUT2D eigenvalue weighted by atomic mass is 31.2. The molecule has 0 bridgehead atoms. The molecule has 9 heteroatoms. The fraction of sp³-hybridized carbons (Fsp3) is 0.811. The highest BCUT2D eigenvalue weighted by Gasteiger charge is 2.25. The quantitative estimate of drug-likeness (QED) is 0.0296. The molecule has 0 rings (SSSR count). The second-order valence-electron chi connectivity index (χ2n) is 12.1. The van der Waals surface area contributed by atoms with Crippen LogP contribution in [0.5, 0.6) is 0 Å². The van der Waals surface area contributed by atoms with E-state index in [-0.39, 0.29) is 32.3 Å².